The van der Waals surface area contributed by atoms with Gasteiger partial charge in [0.15, 0.2) is 0 Å². The summed E-state index contributed by atoms with van der Waals surface area (Å²) in [6.45, 7) is 4.47. The Labute approximate surface area is 75.6 Å². The van der Waals surface area contributed by atoms with Crippen LogP contribution in [0.4, 0.5) is 0 Å². The lowest BCUT2D eigenvalue weighted by atomic mass is 9.92. The molecule has 0 fully saturated rings. The van der Waals surface area contributed by atoms with Crippen LogP contribution in [0.2, 0.25) is 0 Å². The van der Waals surface area contributed by atoms with E-state index in [1.54, 1.807) is 5.92 Å². The molecule has 0 aliphatic carbocycles. The molecule has 0 heterocycles. The molecule has 0 aliphatic rings. The van der Waals surface area contributed by atoms with Crippen molar-refractivity contribution in [1.82, 2.24) is 0 Å². The summed E-state index contributed by atoms with van der Waals surface area (Å²) in [6, 6.07) is 10.7. The van der Waals surface area contributed by atoms with Crippen molar-refractivity contribution < 1.29 is 0 Å². The molecule has 0 atom stereocenters. The van der Waals surface area contributed by atoms with Gasteiger partial charge in [0.05, 0.1) is 0 Å². The van der Waals surface area contributed by atoms with Gasteiger partial charge in [0.1, 0.15) is 0 Å². The van der Waals surface area contributed by atoms with Crippen LogP contribution in [0.1, 0.15) is 38.7 Å². The third kappa shape index (κ3) is 2.37. The van der Waals surface area contributed by atoms with Crippen molar-refractivity contribution in [2.45, 2.75) is 33.1 Å². The summed E-state index contributed by atoms with van der Waals surface area (Å²) in [5.74, 6) is 1.58. The highest BCUT2D eigenvalue weighted by Gasteiger charge is 2.06. The molecule has 0 N–H and O–H groups in total. The second kappa shape index (κ2) is 4.97. The van der Waals surface area contributed by atoms with Gasteiger partial charge in [0.2, 0.25) is 0 Å². The lowest BCUT2D eigenvalue weighted by molar-refractivity contribution is 0.769. The molecule has 0 saturated heterocycles. The standard InChI is InChI=1S/C12H17/c1-3-8-11(4-2)12-9-6-5-7-10-12/h5-7,9-10H,3-4,8H2,1-2H3. The maximum Gasteiger partial charge on any atom is 0.00470 e. The van der Waals surface area contributed by atoms with Crippen LogP contribution in [0.5, 0.6) is 0 Å². The van der Waals surface area contributed by atoms with Crippen molar-refractivity contribution in [3.05, 3.63) is 41.8 Å². The molecule has 65 valence electrons. The van der Waals surface area contributed by atoms with Crippen molar-refractivity contribution in [2.75, 3.05) is 0 Å². The van der Waals surface area contributed by atoms with Gasteiger partial charge in [-0.1, -0.05) is 50.6 Å². The van der Waals surface area contributed by atoms with E-state index in [9.17, 15) is 0 Å². The minimum Gasteiger partial charge on any atom is -0.0654 e. The first-order valence-corrected chi connectivity index (χ1v) is 4.78. The number of hydrogen-bond acceptors (Lipinski definition) is 0. The first-order valence-electron chi connectivity index (χ1n) is 4.78. The molecule has 1 aromatic rings. The molecule has 0 aliphatic heterocycles. The van der Waals surface area contributed by atoms with Gasteiger partial charge < -0.3 is 0 Å². The van der Waals surface area contributed by atoms with E-state index >= 15 is 0 Å². The molecular weight excluding hydrogens is 144 g/mol. The molecule has 12 heavy (non-hydrogen) atoms. The zero-order valence-electron chi connectivity index (χ0n) is 8.01. The van der Waals surface area contributed by atoms with E-state index in [2.05, 4.69) is 44.2 Å². The smallest absolute Gasteiger partial charge is 0.00470 e. The van der Waals surface area contributed by atoms with Crippen molar-refractivity contribution in [2.24, 2.45) is 0 Å². The minimum atomic E-state index is 1.18. The Kier molecular flexibility index (Phi) is 3.86. The maximum atomic E-state index is 2.23. The third-order valence-corrected chi connectivity index (χ3v) is 2.16. The normalized spacial score (nSPS) is 10.6. The van der Waals surface area contributed by atoms with Crippen molar-refractivity contribution in [3.8, 4) is 0 Å². The van der Waals surface area contributed by atoms with Crippen molar-refractivity contribution >= 4 is 0 Å². The predicted molar refractivity (Wildman–Crippen MR) is 54.0 cm³/mol. The van der Waals surface area contributed by atoms with Crippen LogP contribution in [-0.2, 0) is 0 Å². The van der Waals surface area contributed by atoms with E-state index < -0.39 is 0 Å². The van der Waals surface area contributed by atoms with Gasteiger partial charge in [-0.2, -0.15) is 0 Å². The third-order valence-electron chi connectivity index (χ3n) is 2.16. The molecule has 0 unspecified atom stereocenters. The van der Waals surface area contributed by atoms with Crippen LogP contribution < -0.4 is 0 Å². The first-order chi connectivity index (χ1) is 5.88. The van der Waals surface area contributed by atoms with Gasteiger partial charge in [-0.05, 0) is 18.4 Å². The predicted octanol–water partition coefficient (Wildman–Crippen LogP) is 3.82. The second-order valence-electron chi connectivity index (χ2n) is 3.07. The maximum absolute atomic E-state index is 2.23. The highest BCUT2D eigenvalue weighted by molar-refractivity contribution is 5.29. The van der Waals surface area contributed by atoms with E-state index in [4.69, 9.17) is 0 Å². The van der Waals surface area contributed by atoms with Crippen molar-refractivity contribution in [1.29, 1.82) is 0 Å². The van der Waals surface area contributed by atoms with Gasteiger partial charge in [0, 0.05) is 5.92 Å². The minimum absolute atomic E-state index is 1.18. The summed E-state index contributed by atoms with van der Waals surface area (Å²) in [4.78, 5) is 0. The van der Waals surface area contributed by atoms with Crippen LogP contribution in [0, 0.1) is 5.92 Å². The number of benzene rings is 1. The topological polar surface area (TPSA) is 0 Å². The molecule has 0 bridgehead atoms. The Morgan fingerprint density at radius 2 is 1.75 bits per heavy atom. The van der Waals surface area contributed by atoms with Crippen LogP contribution in [0.3, 0.4) is 0 Å². The number of hydrogen-bond donors (Lipinski definition) is 0. The second-order valence-corrected chi connectivity index (χ2v) is 3.07. The van der Waals surface area contributed by atoms with Crippen LogP contribution in [-0.4, -0.2) is 0 Å². The highest BCUT2D eigenvalue weighted by atomic mass is 14.1. The first kappa shape index (κ1) is 9.31. The highest BCUT2D eigenvalue weighted by Crippen LogP contribution is 2.22. The molecule has 0 spiro atoms. The van der Waals surface area contributed by atoms with E-state index in [0.717, 1.165) is 0 Å². The fourth-order valence-electron chi connectivity index (χ4n) is 1.50. The van der Waals surface area contributed by atoms with Crippen LogP contribution in [0.25, 0.3) is 0 Å². The van der Waals surface area contributed by atoms with E-state index in [1.165, 1.54) is 24.8 Å². The summed E-state index contributed by atoms with van der Waals surface area (Å²) in [7, 11) is 0. The lowest BCUT2D eigenvalue weighted by Gasteiger charge is -2.12. The van der Waals surface area contributed by atoms with Gasteiger partial charge >= 0.3 is 0 Å². The lowest BCUT2D eigenvalue weighted by Crippen LogP contribution is -1.96. The summed E-state index contributed by atoms with van der Waals surface area (Å²) in [5.41, 5.74) is 1.42. The quantitative estimate of drug-likeness (QED) is 0.629. The van der Waals surface area contributed by atoms with Gasteiger partial charge in [-0.3, -0.25) is 0 Å². The summed E-state index contributed by atoms with van der Waals surface area (Å²) in [5, 5.41) is 0. The van der Waals surface area contributed by atoms with Crippen LogP contribution >= 0.6 is 0 Å². The fourth-order valence-corrected chi connectivity index (χ4v) is 1.50. The molecule has 0 heteroatoms. The van der Waals surface area contributed by atoms with Crippen LogP contribution in [0.15, 0.2) is 30.3 Å². The molecule has 0 amide bonds. The molecule has 1 rings (SSSR count). The van der Waals surface area contributed by atoms with E-state index in [1.807, 2.05) is 0 Å². The van der Waals surface area contributed by atoms with Crippen molar-refractivity contribution in [3.63, 3.8) is 0 Å². The van der Waals surface area contributed by atoms with Gasteiger partial charge in [-0.25, -0.2) is 0 Å². The Morgan fingerprint density at radius 1 is 1.08 bits per heavy atom. The largest absolute Gasteiger partial charge is 0.0654 e. The summed E-state index contributed by atoms with van der Waals surface area (Å²) >= 11 is 0. The molecule has 1 radical (unpaired) electrons. The fraction of sp³-hybridized carbons (Fsp3) is 0.417. The average molecular weight is 161 g/mol. The summed E-state index contributed by atoms with van der Waals surface area (Å²) in [6.07, 6.45) is 3.66. The van der Waals surface area contributed by atoms with Gasteiger partial charge in [0.25, 0.3) is 0 Å². The molecule has 0 aromatic heterocycles. The molecule has 0 nitrogen and oxygen atoms in total. The molecular formula is C12H17. The Morgan fingerprint density at radius 3 is 2.25 bits per heavy atom. The molecule has 1 aromatic carbocycles. The Bertz CT molecular complexity index is 201. The Balaban J connectivity index is 2.66. The summed E-state index contributed by atoms with van der Waals surface area (Å²) < 4.78 is 0. The Hall–Kier alpha value is -0.780. The SMILES string of the molecule is CCC[C](CC)c1ccccc1. The van der Waals surface area contributed by atoms with E-state index in [-0.39, 0.29) is 0 Å². The zero-order chi connectivity index (χ0) is 8.81. The van der Waals surface area contributed by atoms with Gasteiger partial charge in [-0.15, -0.1) is 0 Å². The average Bonchev–Trinajstić information content (AvgIpc) is 2.15. The number of rotatable bonds is 4. The van der Waals surface area contributed by atoms with E-state index in [0.29, 0.717) is 0 Å². The monoisotopic (exact) mass is 161 g/mol. The molecule has 0 saturated carbocycles. The zero-order valence-corrected chi connectivity index (χ0v) is 8.01.